The summed E-state index contributed by atoms with van der Waals surface area (Å²) in [5, 5.41) is 4.10. The molecule has 6 heteroatoms. The highest BCUT2D eigenvalue weighted by atomic mass is 16.5. The number of benzene rings is 1. The van der Waals surface area contributed by atoms with Gasteiger partial charge in [0, 0.05) is 12.4 Å². The largest absolute Gasteiger partial charge is 0.449 e. The zero-order valence-electron chi connectivity index (χ0n) is 11.0. The molecule has 1 aromatic carbocycles. The number of hydrogen-bond acceptors (Lipinski definition) is 4. The molecule has 0 saturated carbocycles. The Hall–Kier alpha value is -2.63. The summed E-state index contributed by atoms with van der Waals surface area (Å²) in [7, 11) is 0. The standard InChI is InChI=1S/C14H15N3O3/c1-10(13(15)18)20-14(19)12-5-3-11(4-6-12)9-17-8-2-7-16-17/h2-8,10H,9H2,1H3,(H2,15,18). The van der Waals surface area contributed by atoms with Gasteiger partial charge in [0.2, 0.25) is 0 Å². The number of primary amides is 1. The molecule has 2 aromatic rings. The average molecular weight is 273 g/mol. The molecule has 0 aliphatic rings. The summed E-state index contributed by atoms with van der Waals surface area (Å²) in [4.78, 5) is 22.6. The fourth-order valence-electron chi connectivity index (χ4n) is 1.61. The average Bonchev–Trinajstić information content (AvgIpc) is 2.92. The summed E-state index contributed by atoms with van der Waals surface area (Å²) in [5.41, 5.74) is 6.42. The van der Waals surface area contributed by atoms with Gasteiger partial charge in [-0.05, 0) is 30.7 Å². The molecular formula is C14H15N3O3. The summed E-state index contributed by atoms with van der Waals surface area (Å²) >= 11 is 0. The van der Waals surface area contributed by atoms with Gasteiger partial charge in [-0.15, -0.1) is 0 Å². The molecule has 0 radical (unpaired) electrons. The number of hydrogen-bond donors (Lipinski definition) is 1. The fraction of sp³-hybridized carbons (Fsp3) is 0.214. The minimum atomic E-state index is -0.939. The molecule has 104 valence electrons. The lowest BCUT2D eigenvalue weighted by molar-refractivity contribution is -0.125. The molecule has 1 heterocycles. The minimum Gasteiger partial charge on any atom is -0.449 e. The lowest BCUT2D eigenvalue weighted by Gasteiger charge is -2.09. The number of rotatable bonds is 5. The molecule has 6 nitrogen and oxygen atoms in total. The van der Waals surface area contributed by atoms with Crippen LogP contribution in [0.2, 0.25) is 0 Å². The van der Waals surface area contributed by atoms with Crippen molar-refractivity contribution in [2.24, 2.45) is 5.73 Å². The van der Waals surface area contributed by atoms with Crippen molar-refractivity contribution in [1.82, 2.24) is 9.78 Å². The Balaban J connectivity index is 2.00. The Bertz CT molecular complexity index is 591. The second kappa shape index (κ2) is 6.01. The Morgan fingerprint density at radius 1 is 1.35 bits per heavy atom. The Kier molecular flexibility index (Phi) is 4.14. The van der Waals surface area contributed by atoms with Crippen LogP contribution in [-0.2, 0) is 16.1 Å². The summed E-state index contributed by atoms with van der Waals surface area (Å²) < 4.78 is 6.69. The van der Waals surface area contributed by atoms with Crippen molar-refractivity contribution < 1.29 is 14.3 Å². The predicted octanol–water partition coefficient (Wildman–Crippen LogP) is 0.962. The first-order valence-corrected chi connectivity index (χ1v) is 6.13. The van der Waals surface area contributed by atoms with Gasteiger partial charge in [0.05, 0.1) is 12.1 Å². The fourth-order valence-corrected chi connectivity index (χ4v) is 1.61. The molecular weight excluding hydrogens is 258 g/mol. The third kappa shape index (κ3) is 3.44. The first kappa shape index (κ1) is 13.8. The van der Waals surface area contributed by atoms with Crippen LogP contribution in [0.5, 0.6) is 0 Å². The van der Waals surface area contributed by atoms with Crippen LogP contribution in [0.1, 0.15) is 22.8 Å². The minimum absolute atomic E-state index is 0.377. The molecule has 1 unspecified atom stereocenters. The van der Waals surface area contributed by atoms with Gasteiger partial charge in [0.1, 0.15) is 0 Å². The van der Waals surface area contributed by atoms with E-state index < -0.39 is 18.0 Å². The van der Waals surface area contributed by atoms with E-state index in [-0.39, 0.29) is 0 Å². The topological polar surface area (TPSA) is 87.2 Å². The summed E-state index contributed by atoms with van der Waals surface area (Å²) in [6.45, 7) is 2.06. The van der Waals surface area contributed by atoms with Crippen molar-refractivity contribution in [3.63, 3.8) is 0 Å². The lowest BCUT2D eigenvalue weighted by Crippen LogP contribution is -2.30. The van der Waals surface area contributed by atoms with Crippen molar-refractivity contribution in [3.05, 3.63) is 53.9 Å². The maximum atomic E-state index is 11.7. The third-order valence-electron chi connectivity index (χ3n) is 2.78. The van der Waals surface area contributed by atoms with E-state index in [0.717, 1.165) is 5.56 Å². The van der Waals surface area contributed by atoms with E-state index in [1.165, 1.54) is 6.92 Å². The summed E-state index contributed by atoms with van der Waals surface area (Å²) in [6.07, 6.45) is 2.62. The van der Waals surface area contributed by atoms with Crippen LogP contribution < -0.4 is 5.73 Å². The number of amides is 1. The molecule has 20 heavy (non-hydrogen) atoms. The SMILES string of the molecule is CC(OC(=O)c1ccc(Cn2cccn2)cc1)C(N)=O. The van der Waals surface area contributed by atoms with Crippen LogP contribution in [0.15, 0.2) is 42.7 Å². The van der Waals surface area contributed by atoms with Crippen LogP contribution >= 0.6 is 0 Å². The molecule has 1 amide bonds. The number of nitrogens with zero attached hydrogens (tertiary/aromatic N) is 2. The number of carbonyl (C=O) groups excluding carboxylic acids is 2. The van der Waals surface area contributed by atoms with Gasteiger partial charge in [-0.2, -0.15) is 5.10 Å². The number of aromatic nitrogens is 2. The van der Waals surface area contributed by atoms with Gasteiger partial charge in [-0.25, -0.2) is 4.79 Å². The zero-order valence-corrected chi connectivity index (χ0v) is 11.0. The van der Waals surface area contributed by atoms with E-state index in [1.807, 2.05) is 24.4 Å². The molecule has 0 saturated heterocycles. The second-order valence-corrected chi connectivity index (χ2v) is 4.35. The van der Waals surface area contributed by atoms with E-state index in [1.54, 1.807) is 23.0 Å². The van der Waals surface area contributed by atoms with Crippen LogP contribution in [0.4, 0.5) is 0 Å². The molecule has 0 fully saturated rings. The van der Waals surface area contributed by atoms with E-state index in [0.29, 0.717) is 12.1 Å². The Labute approximate surface area is 116 Å². The van der Waals surface area contributed by atoms with Crippen LogP contribution in [0.3, 0.4) is 0 Å². The Morgan fingerprint density at radius 3 is 2.60 bits per heavy atom. The second-order valence-electron chi connectivity index (χ2n) is 4.35. The third-order valence-corrected chi connectivity index (χ3v) is 2.78. The normalized spacial score (nSPS) is 11.8. The van der Waals surface area contributed by atoms with E-state index in [2.05, 4.69) is 5.10 Å². The molecule has 0 aliphatic carbocycles. The molecule has 2 N–H and O–H groups in total. The molecule has 0 bridgehead atoms. The lowest BCUT2D eigenvalue weighted by atomic mass is 10.1. The molecule has 0 spiro atoms. The Morgan fingerprint density at radius 2 is 2.05 bits per heavy atom. The quantitative estimate of drug-likeness (QED) is 0.822. The van der Waals surface area contributed by atoms with Crippen molar-refractivity contribution in [3.8, 4) is 0 Å². The smallest absolute Gasteiger partial charge is 0.338 e. The van der Waals surface area contributed by atoms with Gasteiger partial charge >= 0.3 is 5.97 Å². The number of carbonyl (C=O) groups is 2. The molecule has 1 atom stereocenters. The van der Waals surface area contributed by atoms with Crippen LogP contribution in [-0.4, -0.2) is 27.8 Å². The van der Waals surface area contributed by atoms with Gasteiger partial charge < -0.3 is 10.5 Å². The van der Waals surface area contributed by atoms with Crippen molar-refractivity contribution >= 4 is 11.9 Å². The molecule has 0 aliphatic heterocycles. The monoisotopic (exact) mass is 273 g/mol. The number of nitrogens with two attached hydrogens (primary N) is 1. The van der Waals surface area contributed by atoms with Crippen LogP contribution in [0.25, 0.3) is 0 Å². The highest BCUT2D eigenvalue weighted by Gasteiger charge is 2.15. The van der Waals surface area contributed by atoms with E-state index >= 15 is 0 Å². The van der Waals surface area contributed by atoms with Gasteiger partial charge in [0.25, 0.3) is 5.91 Å². The molecule has 2 rings (SSSR count). The van der Waals surface area contributed by atoms with Gasteiger partial charge in [0.15, 0.2) is 6.10 Å². The maximum absolute atomic E-state index is 11.7. The van der Waals surface area contributed by atoms with Crippen molar-refractivity contribution in [2.75, 3.05) is 0 Å². The van der Waals surface area contributed by atoms with Crippen molar-refractivity contribution in [2.45, 2.75) is 19.6 Å². The van der Waals surface area contributed by atoms with Gasteiger partial charge in [-0.1, -0.05) is 12.1 Å². The highest BCUT2D eigenvalue weighted by Crippen LogP contribution is 2.08. The van der Waals surface area contributed by atoms with Gasteiger partial charge in [-0.3, -0.25) is 9.48 Å². The van der Waals surface area contributed by atoms with Crippen LogP contribution in [0, 0.1) is 0 Å². The van der Waals surface area contributed by atoms with E-state index in [9.17, 15) is 9.59 Å². The number of esters is 1. The van der Waals surface area contributed by atoms with E-state index in [4.69, 9.17) is 10.5 Å². The first-order chi connectivity index (χ1) is 9.56. The zero-order chi connectivity index (χ0) is 14.5. The number of ether oxygens (including phenoxy) is 1. The summed E-state index contributed by atoms with van der Waals surface area (Å²) in [6, 6.07) is 8.77. The summed E-state index contributed by atoms with van der Waals surface area (Å²) in [5.74, 6) is -1.24. The van der Waals surface area contributed by atoms with Crippen molar-refractivity contribution in [1.29, 1.82) is 0 Å². The first-order valence-electron chi connectivity index (χ1n) is 6.13. The molecule has 1 aromatic heterocycles. The maximum Gasteiger partial charge on any atom is 0.338 e. The predicted molar refractivity (Wildman–Crippen MR) is 71.8 cm³/mol. The highest BCUT2D eigenvalue weighted by molar-refractivity contribution is 5.91.